The molecule has 2 heterocycles. The Labute approximate surface area is 130 Å². The third-order valence-corrected chi connectivity index (χ3v) is 3.49. The normalized spacial score (nSPS) is 17.2. The van der Waals surface area contributed by atoms with Crippen LogP contribution in [0, 0.1) is 0 Å². The second-order valence-electron chi connectivity index (χ2n) is 5.90. The number of nitrogens with zero attached hydrogens (tertiary/aromatic N) is 3. The molecule has 0 fully saturated rings. The summed E-state index contributed by atoms with van der Waals surface area (Å²) in [6, 6.07) is 7.73. The largest absolute Gasteiger partial charge is 0.486 e. The minimum atomic E-state index is -0.00705. The first-order valence-electron chi connectivity index (χ1n) is 7.51. The molecule has 0 amide bonds. The van der Waals surface area contributed by atoms with E-state index in [-0.39, 0.29) is 12.0 Å². The molecule has 1 aromatic carbocycles. The predicted octanol–water partition coefficient (Wildman–Crippen LogP) is 2.46. The molecule has 0 radical (unpaired) electrons. The summed E-state index contributed by atoms with van der Waals surface area (Å²) in [6.45, 7) is 5.96. The zero-order valence-corrected chi connectivity index (χ0v) is 13.2. The molecule has 2 aromatic rings. The van der Waals surface area contributed by atoms with Crippen molar-refractivity contribution in [2.75, 3.05) is 20.2 Å². The number of benzene rings is 1. The summed E-state index contributed by atoms with van der Waals surface area (Å²) in [5, 5.41) is 3.98. The molecule has 1 aliphatic heterocycles. The molecule has 1 aromatic heterocycles. The predicted molar refractivity (Wildman–Crippen MR) is 81.1 cm³/mol. The van der Waals surface area contributed by atoms with Crippen LogP contribution >= 0.6 is 0 Å². The maximum absolute atomic E-state index is 5.95. The van der Waals surface area contributed by atoms with Crippen LogP contribution in [0.4, 0.5) is 0 Å². The van der Waals surface area contributed by atoms with E-state index in [2.05, 4.69) is 15.0 Å². The van der Waals surface area contributed by atoms with Crippen molar-refractivity contribution >= 4 is 0 Å². The Morgan fingerprint density at radius 2 is 2.05 bits per heavy atom. The fraction of sp³-hybridized carbons (Fsp3) is 0.500. The van der Waals surface area contributed by atoms with E-state index >= 15 is 0 Å². The van der Waals surface area contributed by atoms with Gasteiger partial charge in [0.1, 0.15) is 12.7 Å². The summed E-state index contributed by atoms with van der Waals surface area (Å²) in [5.74, 6) is 3.25. The molecule has 22 heavy (non-hydrogen) atoms. The first kappa shape index (κ1) is 14.8. The van der Waals surface area contributed by atoms with Gasteiger partial charge in [0.25, 0.3) is 0 Å². The van der Waals surface area contributed by atoms with E-state index in [0.29, 0.717) is 19.0 Å². The van der Waals surface area contributed by atoms with Gasteiger partial charge < -0.3 is 14.0 Å². The van der Waals surface area contributed by atoms with Gasteiger partial charge in [-0.2, -0.15) is 4.98 Å². The Morgan fingerprint density at radius 1 is 1.27 bits per heavy atom. The number of fused-ring (bicyclic) bond motifs is 1. The zero-order valence-electron chi connectivity index (χ0n) is 13.2. The number of para-hydroxylation sites is 2. The van der Waals surface area contributed by atoms with Gasteiger partial charge in [0.15, 0.2) is 17.3 Å². The summed E-state index contributed by atoms with van der Waals surface area (Å²) >= 11 is 0. The van der Waals surface area contributed by atoms with Crippen LogP contribution in [0.2, 0.25) is 0 Å². The van der Waals surface area contributed by atoms with Crippen molar-refractivity contribution in [1.29, 1.82) is 0 Å². The van der Waals surface area contributed by atoms with E-state index in [9.17, 15) is 0 Å². The van der Waals surface area contributed by atoms with Gasteiger partial charge in [-0.1, -0.05) is 31.1 Å². The average Bonchev–Trinajstić information content (AvgIpc) is 2.95. The Hall–Kier alpha value is -2.08. The monoisotopic (exact) mass is 303 g/mol. The first-order chi connectivity index (χ1) is 10.6. The highest BCUT2D eigenvalue weighted by Crippen LogP contribution is 2.31. The van der Waals surface area contributed by atoms with Crippen LogP contribution in [0.15, 0.2) is 28.8 Å². The average molecular weight is 303 g/mol. The third-order valence-electron chi connectivity index (χ3n) is 3.49. The van der Waals surface area contributed by atoms with Crippen molar-refractivity contribution < 1.29 is 14.0 Å². The number of likely N-dealkylation sites (N-methyl/N-ethyl adjacent to an activating group) is 1. The standard InChI is InChI=1S/C16H21N3O3/c1-11(2)16-17-15(22-18-16)9-19(3)8-12-10-20-13-6-4-5-7-14(13)21-12/h4-7,11-12H,8-10H2,1-3H3/t12-/m0/s1. The molecule has 118 valence electrons. The minimum Gasteiger partial charge on any atom is -0.486 e. The Kier molecular flexibility index (Phi) is 4.29. The van der Waals surface area contributed by atoms with Crippen LogP contribution in [0.5, 0.6) is 11.5 Å². The van der Waals surface area contributed by atoms with Crippen LogP contribution in [-0.2, 0) is 6.54 Å². The summed E-state index contributed by atoms with van der Waals surface area (Å²) in [7, 11) is 2.00. The molecule has 0 saturated carbocycles. The number of aromatic nitrogens is 2. The lowest BCUT2D eigenvalue weighted by atomic mass is 10.2. The van der Waals surface area contributed by atoms with E-state index in [1.807, 2.05) is 45.2 Å². The van der Waals surface area contributed by atoms with Crippen LogP contribution in [0.3, 0.4) is 0 Å². The summed E-state index contributed by atoms with van der Waals surface area (Å²) in [5.41, 5.74) is 0. The molecule has 0 unspecified atom stereocenters. The number of hydrogen-bond donors (Lipinski definition) is 0. The molecule has 6 nitrogen and oxygen atoms in total. The van der Waals surface area contributed by atoms with E-state index in [4.69, 9.17) is 14.0 Å². The van der Waals surface area contributed by atoms with Gasteiger partial charge in [-0.25, -0.2) is 0 Å². The molecule has 0 aliphatic carbocycles. The highest BCUT2D eigenvalue weighted by atomic mass is 16.6. The number of rotatable bonds is 5. The van der Waals surface area contributed by atoms with Gasteiger partial charge in [-0.3, -0.25) is 4.90 Å². The Bertz CT molecular complexity index is 627. The molecule has 0 N–H and O–H groups in total. The Balaban J connectivity index is 1.55. The van der Waals surface area contributed by atoms with Crippen LogP contribution in [0.25, 0.3) is 0 Å². The maximum Gasteiger partial charge on any atom is 0.240 e. The van der Waals surface area contributed by atoms with E-state index < -0.39 is 0 Å². The van der Waals surface area contributed by atoms with Gasteiger partial charge >= 0.3 is 0 Å². The van der Waals surface area contributed by atoms with E-state index in [1.165, 1.54) is 0 Å². The smallest absolute Gasteiger partial charge is 0.240 e. The van der Waals surface area contributed by atoms with Crippen LogP contribution in [0.1, 0.15) is 31.5 Å². The summed E-state index contributed by atoms with van der Waals surface area (Å²) in [6.07, 6.45) is -0.00705. The minimum absolute atomic E-state index is 0.00705. The first-order valence-corrected chi connectivity index (χ1v) is 7.51. The van der Waals surface area contributed by atoms with Gasteiger partial charge in [0.2, 0.25) is 5.89 Å². The number of hydrogen-bond acceptors (Lipinski definition) is 6. The van der Waals surface area contributed by atoms with Crippen molar-refractivity contribution in [3.63, 3.8) is 0 Å². The second-order valence-corrected chi connectivity index (χ2v) is 5.90. The van der Waals surface area contributed by atoms with Crippen molar-refractivity contribution in [2.24, 2.45) is 0 Å². The molecule has 0 saturated heterocycles. The summed E-state index contributed by atoms with van der Waals surface area (Å²) in [4.78, 5) is 6.48. The molecule has 0 spiro atoms. The summed E-state index contributed by atoms with van der Waals surface area (Å²) < 4.78 is 16.9. The Morgan fingerprint density at radius 3 is 2.77 bits per heavy atom. The topological polar surface area (TPSA) is 60.6 Å². The third kappa shape index (κ3) is 3.39. The fourth-order valence-corrected chi connectivity index (χ4v) is 2.36. The highest BCUT2D eigenvalue weighted by molar-refractivity contribution is 5.40. The fourth-order valence-electron chi connectivity index (χ4n) is 2.36. The van der Waals surface area contributed by atoms with Crippen LogP contribution in [-0.4, -0.2) is 41.3 Å². The van der Waals surface area contributed by atoms with Gasteiger partial charge in [-0.15, -0.1) is 0 Å². The maximum atomic E-state index is 5.95. The SMILES string of the molecule is CC(C)c1noc(CN(C)C[C@H]2COc3ccccc3O2)n1. The lowest BCUT2D eigenvalue weighted by Crippen LogP contribution is -2.39. The van der Waals surface area contributed by atoms with Crippen molar-refractivity contribution in [2.45, 2.75) is 32.4 Å². The highest BCUT2D eigenvalue weighted by Gasteiger charge is 2.22. The molecule has 1 atom stereocenters. The molecular formula is C16H21N3O3. The molecule has 0 bridgehead atoms. The molecule has 6 heteroatoms. The van der Waals surface area contributed by atoms with Crippen molar-refractivity contribution in [3.8, 4) is 11.5 Å². The van der Waals surface area contributed by atoms with Crippen LogP contribution < -0.4 is 9.47 Å². The van der Waals surface area contributed by atoms with Gasteiger partial charge in [0, 0.05) is 12.5 Å². The lowest BCUT2D eigenvalue weighted by molar-refractivity contribution is 0.0613. The van der Waals surface area contributed by atoms with Gasteiger partial charge in [-0.05, 0) is 19.2 Å². The molecule has 3 rings (SSSR count). The lowest BCUT2D eigenvalue weighted by Gasteiger charge is -2.29. The van der Waals surface area contributed by atoms with Crippen molar-refractivity contribution in [3.05, 3.63) is 36.0 Å². The van der Waals surface area contributed by atoms with E-state index in [1.54, 1.807) is 0 Å². The van der Waals surface area contributed by atoms with Gasteiger partial charge in [0.05, 0.1) is 6.54 Å². The number of ether oxygens (including phenoxy) is 2. The van der Waals surface area contributed by atoms with Crippen molar-refractivity contribution in [1.82, 2.24) is 15.0 Å². The molecular weight excluding hydrogens is 282 g/mol. The quantitative estimate of drug-likeness (QED) is 0.845. The van der Waals surface area contributed by atoms with E-state index in [0.717, 1.165) is 23.9 Å². The second kappa shape index (κ2) is 6.36. The molecule has 1 aliphatic rings. The zero-order chi connectivity index (χ0) is 15.5.